The van der Waals surface area contributed by atoms with Crippen molar-refractivity contribution in [3.63, 3.8) is 0 Å². The Balaban J connectivity index is 1.70. The van der Waals surface area contributed by atoms with E-state index >= 15 is 0 Å². The predicted octanol–water partition coefficient (Wildman–Crippen LogP) is 4.19. The third-order valence-electron chi connectivity index (χ3n) is 6.01. The highest BCUT2D eigenvalue weighted by molar-refractivity contribution is 7.93. The summed E-state index contributed by atoms with van der Waals surface area (Å²) in [7, 11) is -1.98. The zero-order valence-corrected chi connectivity index (χ0v) is 19.7. The highest BCUT2D eigenvalue weighted by Crippen LogP contribution is 2.43. The summed E-state index contributed by atoms with van der Waals surface area (Å²) < 4.78 is 28.0. The SMILES string of the molecule is Cc1ccc(C)c(S(=O)(=O)C2(C(=O)Nc3nc(C)c(-c4nccn4C)s3)CCCC2)c1. The molecular weight excluding hydrogens is 432 g/mol. The Morgan fingerprint density at radius 1 is 1.19 bits per heavy atom. The van der Waals surface area contributed by atoms with E-state index < -0.39 is 20.5 Å². The lowest BCUT2D eigenvalue weighted by molar-refractivity contribution is -0.118. The number of nitrogens with zero attached hydrogens (tertiary/aromatic N) is 3. The summed E-state index contributed by atoms with van der Waals surface area (Å²) in [5.74, 6) is 0.264. The lowest BCUT2D eigenvalue weighted by Crippen LogP contribution is -2.47. The summed E-state index contributed by atoms with van der Waals surface area (Å²) in [6.07, 6.45) is 5.57. The molecule has 0 unspecified atom stereocenters. The van der Waals surface area contributed by atoms with Gasteiger partial charge in [-0.15, -0.1) is 0 Å². The molecule has 3 aromatic rings. The van der Waals surface area contributed by atoms with E-state index in [0.717, 1.165) is 22.0 Å². The monoisotopic (exact) mass is 458 g/mol. The lowest BCUT2D eigenvalue weighted by Gasteiger charge is -2.28. The molecule has 0 saturated heterocycles. The van der Waals surface area contributed by atoms with Gasteiger partial charge in [0.1, 0.15) is 0 Å². The quantitative estimate of drug-likeness (QED) is 0.619. The van der Waals surface area contributed by atoms with Gasteiger partial charge in [0.05, 0.1) is 15.5 Å². The van der Waals surface area contributed by atoms with Gasteiger partial charge in [-0.2, -0.15) is 0 Å². The molecule has 7 nitrogen and oxygen atoms in total. The second-order valence-electron chi connectivity index (χ2n) is 8.22. The first-order valence-corrected chi connectivity index (χ1v) is 12.5. The van der Waals surface area contributed by atoms with Crippen LogP contribution in [-0.2, 0) is 21.7 Å². The van der Waals surface area contributed by atoms with Crippen molar-refractivity contribution in [1.29, 1.82) is 0 Å². The lowest BCUT2D eigenvalue weighted by atomic mass is 10.1. The smallest absolute Gasteiger partial charge is 0.248 e. The summed E-state index contributed by atoms with van der Waals surface area (Å²) in [6.45, 7) is 5.49. The Bertz CT molecular complexity index is 1250. The number of benzene rings is 1. The third-order valence-corrected chi connectivity index (χ3v) is 9.72. The van der Waals surface area contributed by atoms with Crippen LogP contribution in [0, 0.1) is 20.8 Å². The topological polar surface area (TPSA) is 93.9 Å². The van der Waals surface area contributed by atoms with Crippen molar-refractivity contribution in [2.45, 2.75) is 56.1 Å². The maximum atomic E-state index is 13.8. The fraction of sp³-hybridized carbons (Fsp3) is 0.409. The number of carbonyl (C=O) groups excluding carboxylic acids is 1. The van der Waals surface area contributed by atoms with Gasteiger partial charge in [0.2, 0.25) is 5.91 Å². The molecule has 1 saturated carbocycles. The van der Waals surface area contributed by atoms with Gasteiger partial charge in [0.25, 0.3) is 0 Å². The van der Waals surface area contributed by atoms with Crippen molar-refractivity contribution >= 4 is 32.2 Å². The molecule has 9 heteroatoms. The van der Waals surface area contributed by atoms with Crippen LogP contribution in [0.25, 0.3) is 10.7 Å². The number of amides is 1. The van der Waals surface area contributed by atoms with Crippen molar-refractivity contribution in [2.24, 2.45) is 7.05 Å². The van der Waals surface area contributed by atoms with E-state index in [-0.39, 0.29) is 4.90 Å². The summed E-state index contributed by atoms with van der Waals surface area (Å²) in [4.78, 5) is 23.4. The zero-order chi connectivity index (χ0) is 22.4. The highest BCUT2D eigenvalue weighted by atomic mass is 32.2. The molecule has 2 heterocycles. The number of nitrogens with one attached hydrogen (secondary N) is 1. The van der Waals surface area contributed by atoms with Gasteiger partial charge in [0, 0.05) is 19.4 Å². The second kappa shape index (κ2) is 7.87. The molecule has 164 valence electrons. The van der Waals surface area contributed by atoms with Gasteiger partial charge in [-0.1, -0.05) is 36.3 Å². The van der Waals surface area contributed by atoms with Crippen molar-refractivity contribution < 1.29 is 13.2 Å². The van der Waals surface area contributed by atoms with E-state index in [1.165, 1.54) is 11.3 Å². The number of carbonyl (C=O) groups is 1. The van der Waals surface area contributed by atoms with Gasteiger partial charge in [-0.25, -0.2) is 18.4 Å². The number of aryl methyl sites for hydroxylation is 4. The summed E-state index contributed by atoms with van der Waals surface area (Å²) >= 11 is 1.31. The maximum Gasteiger partial charge on any atom is 0.248 e. The number of aromatic nitrogens is 3. The van der Waals surface area contributed by atoms with Gasteiger partial charge in [-0.3, -0.25) is 4.79 Å². The summed E-state index contributed by atoms with van der Waals surface area (Å²) in [6, 6.07) is 5.35. The van der Waals surface area contributed by atoms with Crippen LogP contribution in [0.15, 0.2) is 35.5 Å². The number of hydrogen-bond donors (Lipinski definition) is 1. The third kappa shape index (κ3) is 3.59. The van der Waals surface area contributed by atoms with E-state index in [1.807, 2.05) is 37.7 Å². The Kier molecular flexibility index (Phi) is 5.51. The first-order valence-electron chi connectivity index (χ1n) is 10.2. The molecule has 0 aliphatic heterocycles. The van der Waals surface area contributed by atoms with E-state index in [1.54, 1.807) is 25.3 Å². The minimum Gasteiger partial charge on any atom is -0.333 e. The van der Waals surface area contributed by atoms with E-state index in [0.29, 0.717) is 36.4 Å². The molecule has 2 aromatic heterocycles. The molecule has 0 atom stereocenters. The summed E-state index contributed by atoms with van der Waals surface area (Å²) in [5.41, 5.74) is 2.26. The van der Waals surface area contributed by atoms with Gasteiger partial charge >= 0.3 is 0 Å². The fourth-order valence-electron chi connectivity index (χ4n) is 4.22. The van der Waals surface area contributed by atoms with Gasteiger partial charge in [-0.05, 0) is 50.8 Å². The molecule has 0 radical (unpaired) electrons. The van der Waals surface area contributed by atoms with Crippen LogP contribution < -0.4 is 5.32 Å². The van der Waals surface area contributed by atoms with Crippen molar-refractivity contribution in [3.8, 4) is 10.7 Å². The Morgan fingerprint density at radius 3 is 2.55 bits per heavy atom. The Hall–Kier alpha value is -2.52. The normalized spacial score (nSPS) is 15.9. The zero-order valence-electron chi connectivity index (χ0n) is 18.1. The average Bonchev–Trinajstić information content (AvgIpc) is 3.44. The van der Waals surface area contributed by atoms with Crippen molar-refractivity contribution in [3.05, 3.63) is 47.4 Å². The molecular formula is C22H26N4O3S2. The first kappa shape index (κ1) is 21.7. The van der Waals surface area contributed by atoms with Crippen molar-refractivity contribution in [2.75, 3.05) is 5.32 Å². The van der Waals surface area contributed by atoms with Crippen LogP contribution >= 0.6 is 11.3 Å². The maximum absolute atomic E-state index is 13.8. The van der Waals surface area contributed by atoms with Crippen LogP contribution in [0.4, 0.5) is 5.13 Å². The Labute approximate surface area is 186 Å². The molecule has 0 bridgehead atoms. The van der Waals surface area contributed by atoms with Gasteiger partial charge < -0.3 is 9.88 Å². The standard InChI is InChI=1S/C22H26N4O3S2/c1-14-7-8-15(2)17(13-14)31(28,29)22(9-5-6-10-22)20(27)25-21-24-16(3)18(30-21)19-23-11-12-26(19)4/h7-8,11-13H,5-6,9-10H2,1-4H3,(H,24,25,27). The number of thiazole rings is 1. The van der Waals surface area contributed by atoms with E-state index in [9.17, 15) is 13.2 Å². The summed E-state index contributed by atoms with van der Waals surface area (Å²) in [5, 5.41) is 3.22. The minimum absolute atomic E-state index is 0.244. The fourth-order valence-corrected chi connectivity index (χ4v) is 7.60. The average molecular weight is 459 g/mol. The largest absolute Gasteiger partial charge is 0.333 e. The van der Waals surface area contributed by atoms with Crippen molar-refractivity contribution in [1.82, 2.24) is 14.5 Å². The number of anilines is 1. The molecule has 31 heavy (non-hydrogen) atoms. The van der Waals surface area contributed by atoms with Crippen LogP contribution in [0.5, 0.6) is 0 Å². The molecule has 0 spiro atoms. The number of rotatable bonds is 5. The molecule has 1 fully saturated rings. The predicted molar refractivity (Wildman–Crippen MR) is 122 cm³/mol. The molecule has 1 N–H and O–H groups in total. The molecule has 1 aliphatic rings. The van der Waals surface area contributed by atoms with Crippen LogP contribution in [0.3, 0.4) is 0 Å². The van der Waals surface area contributed by atoms with Crippen LogP contribution in [0.2, 0.25) is 0 Å². The number of sulfone groups is 1. The molecule has 4 rings (SSSR count). The highest BCUT2D eigenvalue weighted by Gasteiger charge is 2.53. The first-order chi connectivity index (χ1) is 14.7. The number of imidazole rings is 1. The minimum atomic E-state index is -3.88. The van der Waals surface area contributed by atoms with E-state index in [4.69, 9.17) is 0 Å². The second-order valence-corrected chi connectivity index (χ2v) is 11.5. The molecule has 1 aliphatic carbocycles. The van der Waals surface area contributed by atoms with Gasteiger partial charge in [0.15, 0.2) is 25.5 Å². The molecule has 1 aromatic carbocycles. The Morgan fingerprint density at radius 2 is 1.90 bits per heavy atom. The number of hydrogen-bond acceptors (Lipinski definition) is 6. The van der Waals surface area contributed by atoms with Crippen LogP contribution in [0.1, 0.15) is 42.5 Å². The molecule has 1 amide bonds. The van der Waals surface area contributed by atoms with Crippen LogP contribution in [-0.4, -0.2) is 33.6 Å². The van der Waals surface area contributed by atoms with E-state index in [2.05, 4.69) is 15.3 Å².